The number of aliphatic carboxylic acids is 1. The largest absolute Gasteiger partial charge is 0.490 e. The molecule has 3 aromatic rings. The first-order valence-corrected chi connectivity index (χ1v) is 10.3. The molecule has 0 bridgehead atoms. The van der Waals surface area contributed by atoms with Crippen molar-refractivity contribution in [3.63, 3.8) is 0 Å². The number of pyridine rings is 1. The Balaban J connectivity index is 0.000000383. The molecular weight excluding hydrogens is 457 g/mol. The number of anilines is 1. The van der Waals surface area contributed by atoms with Crippen molar-refractivity contribution >= 4 is 29.2 Å². The number of hydrogen-bond donors (Lipinski definition) is 1. The molecule has 1 amide bonds. The lowest BCUT2D eigenvalue weighted by molar-refractivity contribution is -0.192. The molecule has 2 heterocycles. The number of aryl methyl sites for hydroxylation is 2. The Kier molecular flexibility index (Phi) is 7.38. The van der Waals surface area contributed by atoms with Gasteiger partial charge in [-0.3, -0.25) is 9.78 Å². The highest BCUT2D eigenvalue weighted by molar-refractivity contribution is 6.30. The lowest BCUT2D eigenvalue weighted by Gasteiger charge is -2.28. The van der Waals surface area contributed by atoms with E-state index in [-0.39, 0.29) is 5.91 Å². The summed E-state index contributed by atoms with van der Waals surface area (Å²) in [4.78, 5) is 27.1. The maximum absolute atomic E-state index is 12.3. The van der Waals surface area contributed by atoms with Gasteiger partial charge in [0.2, 0.25) is 5.91 Å². The molecule has 2 aromatic carbocycles. The summed E-state index contributed by atoms with van der Waals surface area (Å²) in [6.45, 7) is 2.20. The number of carboxylic acids is 1. The molecule has 9 heteroatoms. The predicted octanol–water partition coefficient (Wildman–Crippen LogP) is 5.69. The van der Waals surface area contributed by atoms with Gasteiger partial charge in [0.05, 0.1) is 6.54 Å². The van der Waals surface area contributed by atoms with Crippen molar-refractivity contribution < 1.29 is 27.9 Å². The van der Waals surface area contributed by atoms with Gasteiger partial charge in [-0.1, -0.05) is 29.8 Å². The van der Waals surface area contributed by atoms with Crippen LogP contribution in [0, 0.1) is 0 Å². The number of nitrogens with zero attached hydrogens (tertiary/aromatic N) is 2. The first kappa shape index (κ1) is 24.3. The van der Waals surface area contributed by atoms with Gasteiger partial charge in [0.25, 0.3) is 0 Å². The van der Waals surface area contributed by atoms with Crippen LogP contribution < -0.4 is 4.90 Å². The highest BCUT2D eigenvalue weighted by atomic mass is 35.5. The number of benzene rings is 2. The maximum atomic E-state index is 12.3. The van der Waals surface area contributed by atoms with Gasteiger partial charge >= 0.3 is 12.1 Å². The Bertz CT molecular complexity index is 1170. The van der Waals surface area contributed by atoms with Crippen LogP contribution >= 0.6 is 11.6 Å². The van der Waals surface area contributed by atoms with E-state index in [1.807, 2.05) is 47.6 Å². The van der Waals surface area contributed by atoms with E-state index in [0.29, 0.717) is 11.6 Å². The van der Waals surface area contributed by atoms with Gasteiger partial charge in [0.15, 0.2) is 0 Å². The minimum Gasteiger partial charge on any atom is -0.475 e. The Morgan fingerprint density at radius 3 is 2.18 bits per heavy atom. The lowest BCUT2D eigenvalue weighted by atomic mass is 9.92. The summed E-state index contributed by atoms with van der Waals surface area (Å²) in [7, 11) is 0. The molecule has 1 N–H and O–H groups in total. The summed E-state index contributed by atoms with van der Waals surface area (Å²) in [6, 6.07) is 16.3. The van der Waals surface area contributed by atoms with Gasteiger partial charge in [-0.05, 0) is 71.0 Å². The van der Waals surface area contributed by atoms with E-state index in [9.17, 15) is 18.0 Å². The fourth-order valence-corrected chi connectivity index (χ4v) is 3.75. The van der Waals surface area contributed by atoms with Crippen LogP contribution in [0.2, 0.25) is 5.02 Å². The number of carboxylic acid groups (broad SMARTS) is 1. The molecule has 33 heavy (non-hydrogen) atoms. The van der Waals surface area contributed by atoms with Gasteiger partial charge in [-0.2, -0.15) is 13.2 Å². The first-order chi connectivity index (χ1) is 15.6. The second kappa shape index (κ2) is 10.0. The number of carbonyl (C=O) groups excluding carboxylic acids is 1. The molecule has 0 saturated heterocycles. The molecule has 0 atom stereocenters. The van der Waals surface area contributed by atoms with Crippen molar-refractivity contribution in [2.45, 2.75) is 32.5 Å². The number of halogens is 4. The number of carbonyl (C=O) groups is 2. The summed E-state index contributed by atoms with van der Waals surface area (Å²) in [6.07, 6.45) is 0.309. The van der Waals surface area contributed by atoms with Gasteiger partial charge < -0.3 is 10.0 Å². The number of aromatic nitrogens is 1. The first-order valence-electron chi connectivity index (χ1n) is 9.95. The van der Waals surface area contributed by atoms with E-state index in [4.69, 9.17) is 21.5 Å². The molecule has 5 nitrogen and oxygen atoms in total. The molecule has 1 aromatic heterocycles. The Labute approximate surface area is 193 Å². The highest BCUT2D eigenvalue weighted by Gasteiger charge is 2.38. The van der Waals surface area contributed by atoms with E-state index in [1.165, 1.54) is 16.7 Å². The maximum Gasteiger partial charge on any atom is 0.490 e. The van der Waals surface area contributed by atoms with Gasteiger partial charge in [-0.25, -0.2) is 4.79 Å². The molecule has 172 valence electrons. The van der Waals surface area contributed by atoms with Gasteiger partial charge in [0, 0.05) is 30.0 Å². The quantitative estimate of drug-likeness (QED) is 0.490. The summed E-state index contributed by atoms with van der Waals surface area (Å²) < 4.78 is 31.7. The standard InChI is InChI=1S/C22H19ClN2O.C2HF3O2/c1-15(26)25-14-20-5-3-17(16-8-10-24-11-9-16)12-18(20)2-4-19-13-21(23)6-7-22(19)25;3-2(4,5)1(6)7/h3,5-13H,2,4,14H2,1H3;(H,6,7). The van der Waals surface area contributed by atoms with E-state index in [1.54, 1.807) is 6.92 Å². The topological polar surface area (TPSA) is 70.5 Å². The Hall–Kier alpha value is -3.39. The molecular formula is C24H20ClF3N2O3. The molecule has 0 unspecified atom stereocenters. The molecule has 0 radical (unpaired) electrons. The van der Waals surface area contributed by atoms with Crippen LogP contribution in [0.4, 0.5) is 18.9 Å². The zero-order valence-electron chi connectivity index (χ0n) is 17.6. The number of hydrogen-bond acceptors (Lipinski definition) is 3. The molecule has 0 spiro atoms. The summed E-state index contributed by atoms with van der Waals surface area (Å²) >= 11 is 6.19. The van der Waals surface area contributed by atoms with Crippen molar-refractivity contribution in [1.82, 2.24) is 4.98 Å². The Morgan fingerprint density at radius 2 is 1.58 bits per heavy atom. The van der Waals surface area contributed by atoms with Crippen LogP contribution in [-0.4, -0.2) is 28.1 Å². The lowest BCUT2D eigenvalue weighted by Crippen LogP contribution is -2.30. The summed E-state index contributed by atoms with van der Waals surface area (Å²) in [5.41, 5.74) is 6.87. The van der Waals surface area contributed by atoms with E-state index in [0.717, 1.165) is 29.7 Å². The second-order valence-electron chi connectivity index (χ2n) is 7.40. The van der Waals surface area contributed by atoms with Crippen molar-refractivity contribution in [2.75, 3.05) is 4.90 Å². The average molecular weight is 477 g/mol. The van der Waals surface area contributed by atoms with E-state index in [2.05, 4.69) is 23.2 Å². The number of alkyl halides is 3. The molecule has 1 aliphatic rings. The minimum absolute atomic E-state index is 0.0413. The molecule has 4 rings (SSSR count). The fourth-order valence-electron chi connectivity index (χ4n) is 3.56. The normalized spacial score (nSPS) is 12.9. The third-order valence-corrected chi connectivity index (χ3v) is 5.40. The third-order valence-electron chi connectivity index (χ3n) is 5.17. The molecule has 0 saturated carbocycles. The van der Waals surface area contributed by atoms with Crippen LogP contribution in [-0.2, 0) is 29.0 Å². The zero-order valence-corrected chi connectivity index (χ0v) is 18.3. The molecule has 1 aliphatic heterocycles. The monoisotopic (exact) mass is 476 g/mol. The van der Waals surface area contributed by atoms with Crippen molar-refractivity contribution in [3.05, 3.63) is 82.6 Å². The Morgan fingerprint density at radius 1 is 0.939 bits per heavy atom. The van der Waals surface area contributed by atoms with Gasteiger partial charge in [-0.15, -0.1) is 0 Å². The van der Waals surface area contributed by atoms with E-state index < -0.39 is 12.1 Å². The van der Waals surface area contributed by atoms with Crippen LogP contribution in [0.25, 0.3) is 11.1 Å². The third kappa shape index (κ3) is 6.10. The van der Waals surface area contributed by atoms with Crippen LogP contribution in [0.15, 0.2) is 60.9 Å². The SMILES string of the molecule is CC(=O)N1Cc2ccc(-c3ccncc3)cc2CCc2cc(Cl)ccc21.O=C(O)C(F)(F)F. The van der Waals surface area contributed by atoms with Crippen molar-refractivity contribution in [1.29, 1.82) is 0 Å². The fraction of sp³-hybridized carbons (Fsp3) is 0.208. The number of rotatable bonds is 1. The van der Waals surface area contributed by atoms with Crippen LogP contribution in [0.5, 0.6) is 0 Å². The summed E-state index contributed by atoms with van der Waals surface area (Å²) in [5, 5.41) is 7.83. The molecule has 0 aliphatic carbocycles. The number of amides is 1. The average Bonchev–Trinajstić information content (AvgIpc) is 2.75. The van der Waals surface area contributed by atoms with E-state index >= 15 is 0 Å². The van der Waals surface area contributed by atoms with Crippen LogP contribution in [0.3, 0.4) is 0 Å². The minimum atomic E-state index is -5.08. The van der Waals surface area contributed by atoms with Gasteiger partial charge in [0.1, 0.15) is 0 Å². The highest BCUT2D eigenvalue weighted by Crippen LogP contribution is 2.32. The molecule has 0 fully saturated rings. The van der Waals surface area contributed by atoms with Crippen LogP contribution in [0.1, 0.15) is 23.6 Å². The smallest absolute Gasteiger partial charge is 0.475 e. The van der Waals surface area contributed by atoms with Crippen molar-refractivity contribution in [2.24, 2.45) is 0 Å². The zero-order chi connectivity index (χ0) is 24.2. The summed E-state index contributed by atoms with van der Waals surface area (Å²) in [5.74, 6) is -2.72. The predicted molar refractivity (Wildman–Crippen MR) is 119 cm³/mol. The van der Waals surface area contributed by atoms with Crippen molar-refractivity contribution in [3.8, 4) is 11.1 Å². The second-order valence-corrected chi connectivity index (χ2v) is 7.84. The number of fused-ring (bicyclic) bond motifs is 2.